The van der Waals surface area contributed by atoms with Crippen molar-refractivity contribution in [1.29, 1.82) is 0 Å². The van der Waals surface area contributed by atoms with Gasteiger partial charge in [0.05, 0.1) is 12.8 Å². The molecule has 0 saturated carbocycles. The van der Waals surface area contributed by atoms with Crippen LogP contribution >= 0.6 is 0 Å². The molecule has 0 radical (unpaired) electrons. The Morgan fingerprint density at radius 1 is 1.11 bits per heavy atom. The van der Waals surface area contributed by atoms with E-state index in [1.165, 1.54) is 0 Å². The first kappa shape index (κ1) is 18.4. The number of hydrogen-bond acceptors (Lipinski definition) is 4. The quantitative estimate of drug-likeness (QED) is 0.803. The number of amides is 1. The third-order valence-corrected chi connectivity index (χ3v) is 5.50. The second-order valence-electron chi connectivity index (χ2n) is 8.24. The number of anilines is 1. The predicted molar refractivity (Wildman–Crippen MR) is 107 cm³/mol. The summed E-state index contributed by atoms with van der Waals surface area (Å²) in [5, 5.41) is 0. The van der Waals surface area contributed by atoms with Crippen molar-refractivity contribution < 1.29 is 14.3 Å². The molecule has 0 N–H and O–H groups in total. The molecule has 1 aromatic carbocycles. The summed E-state index contributed by atoms with van der Waals surface area (Å²) in [5.41, 5.74) is 2.87. The Bertz CT molecular complexity index is 963. The number of carbonyl (C=O) groups is 2. The maximum Gasteiger partial charge on any atom is 0.232 e. The molecule has 1 unspecified atom stereocenters. The van der Waals surface area contributed by atoms with E-state index < -0.39 is 0 Å². The number of ether oxygens (including phenoxy) is 1. The van der Waals surface area contributed by atoms with Gasteiger partial charge in [-0.1, -0.05) is 26.0 Å². The van der Waals surface area contributed by atoms with Gasteiger partial charge in [0.1, 0.15) is 5.75 Å². The summed E-state index contributed by atoms with van der Waals surface area (Å²) in [4.78, 5) is 32.6. The van der Waals surface area contributed by atoms with Crippen LogP contribution in [0.1, 0.15) is 44.7 Å². The van der Waals surface area contributed by atoms with Crippen LogP contribution in [-0.2, 0) is 9.59 Å². The number of benzene rings is 1. The number of allylic oxidation sites excluding steroid dienone is 2. The zero-order valence-electron chi connectivity index (χ0n) is 16.4. The molecule has 0 spiro atoms. The molecule has 5 heteroatoms. The second kappa shape index (κ2) is 6.89. The molecule has 1 atom stereocenters. The number of hydrogen-bond donors (Lipinski definition) is 0. The average molecular weight is 376 g/mol. The van der Waals surface area contributed by atoms with Crippen LogP contribution in [0.2, 0.25) is 0 Å². The van der Waals surface area contributed by atoms with Gasteiger partial charge in [-0.3, -0.25) is 19.5 Å². The summed E-state index contributed by atoms with van der Waals surface area (Å²) in [6, 6.07) is 13.1. The average Bonchev–Trinajstić information content (AvgIpc) is 2.67. The molecule has 0 bridgehead atoms. The van der Waals surface area contributed by atoms with Crippen molar-refractivity contribution in [3.8, 4) is 5.75 Å². The summed E-state index contributed by atoms with van der Waals surface area (Å²) in [5.74, 6) is 0.491. The fourth-order valence-electron chi connectivity index (χ4n) is 4.30. The number of pyridine rings is 1. The van der Waals surface area contributed by atoms with Gasteiger partial charge in [0.15, 0.2) is 5.78 Å². The third kappa shape index (κ3) is 3.21. The van der Waals surface area contributed by atoms with E-state index in [1.54, 1.807) is 18.2 Å². The van der Waals surface area contributed by atoms with Gasteiger partial charge < -0.3 is 4.74 Å². The third-order valence-electron chi connectivity index (χ3n) is 5.50. The molecule has 2 heterocycles. The van der Waals surface area contributed by atoms with Crippen molar-refractivity contribution in [2.75, 3.05) is 12.0 Å². The lowest BCUT2D eigenvalue weighted by atomic mass is 9.70. The Morgan fingerprint density at radius 2 is 1.93 bits per heavy atom. The highest BCUT2D eigenvalue weighted by molar-refractivity contribution is 6.07. The van der Waals surface area contributed by atoms with Crippen LogP contribution in [0.4, 0.5) is 5.69 Å². The van der Waals surface area contributed by atoms with Crippen LogP contribution < -0.4 is 9.64 Å². The van der Waals surface area contributed by atoms with Crippen molar-refractivity contribution >= 4 is 17.4 Å². The topological polar surface area (TPSA) is 59.5 Å². The van der Waals surface area contributed by atoms with E-state index in [-0.39, 0.29) is 29.4 Å². The van der Waals surface area contributed by atoms with Crippen LogP contribution in [0.3, 0.4) is 0 Å². The smallest absolute Gasteiger partial charge is 0.232 e. The molecule has 0 fully saturated rings. The molecule has 2 aromatic rings. The summed E-state index contributed by atoms with van der Waals surface area (Å²) in [7, 11) is 1.60. The van der Waals surface area contributed by atoms with Crippen molar-refractivity contribution in [3.63, 3.8) is 0 Å². The van der Waals surface area contributed by atoms with Crippen LogP contribution in [-0.4, -0.2) is 23.8 Å². The minimum absolute atomic E-state index is 0.0202. The van der Waals surface area contributed by atoms with E-state index in [4.69, 9.17) is 4.74 Å². The molecular weight excluding hydrogens is 352 g/mol. The summed E-state index contributed by atoms with van der Waals surface area (Å²) < 4.78 is 5.34. The van der Waals surface area contributed by atoms with Crippen molar-refractivity contribution in [3.05, 3.63) is 65.6 Å². The number of carbonyl (C=O) groups excluding carboxylic acids is 2. The fourth-order valence-corrected chi connectivity index (χ4v) is 4.30. The van der Waals surface area contributed by atoms with Crippen molar-refractivity contribution in [1.82, 2.24) is 4.98 Å². The largest absolute Gasteiger partial charge is 0.497 e. The maximum absolute atomic E-state index is 13.3. The Balaban J connectivity index is 1.89. The molecule has 0 saturated heterocycles. The highest BCUT2D eigenvalue weighted by atomic mass is 16.5. The van der Waals surface area contributed by atoms with E-state index in [2.05, 4.69) is 18.8 Å². The second-order valence-corrected chi connectivity index (χ2v) is 8.24. The molecule has 1 aliphatic carbocycles. The zero-order chi connectivity index (χ0) is 19.9. The minimum atomic E-state index is -0.283. The molecule has 1 aliphatic heterocycles. The molecular formula is C23H24N2O3. The SMILES string of the molecule is COc1cccc(N2C(=O)CC(c3ccccn3)C3=C2CC(C)(C)CC3=O)c1. The lowest BCUT2D eigenvalue weighted by molar-refractivity contribution is -0.121. The van der Waals surface area contributed by atoms with Crippen LogP contribution in [0.5, 0.6) is 5.75 Å². The highest BCUT2D eigenvalue weighted by Gasteiger charge is 2.44. The van der Waals surface area contributed by atoms with Crippen LogP contribution in [0, 0.1) is 5.41 Å². The van der Waals surface area contributed by atoms with E-state index >= 15 is 0 Å². The van der Waals surface area contributed by atoms with E-state index in [0.29, 0.717) is 18.6 Å². The lowest BCUT2D eigenvalue weighted by Gasteiger charge is -2.42. The molecule has 144 valence electrons. The molecule has 28 heavy (non-hydrogen) atoms. The van der Waals surface area contributed by atoms with Crippen LogP contribution in [0.25, 0.3) is 0 Å². The van der Waals surface area contributed by atoms with Gasteiger partial charge in [0.25, 0.3) is 0 Å². The number of aromatic nitrogens is 1. The number of rotatable bonds is 3. The lowest BCUT2D eigenvalue weighted by Crippen LogP contribution is -2.43. The van der Waals surface area contributed by atoms with Gasteiger partial charge >= 0.3 is 0 Å². The standard InChI is InChI=1S/C23H24N2O3/c1-23(2)13-19-22(20(26)14-23)17(18-9-4-5-10-24-18)12-21(27)25(19)15-7-6-8-16(11-15)28-3/h4-11,17H,12-14H2,1-3H3. The summed E-state index contributed by atoms with van der Waals surface area (Å²) in [6.45, 7) is 4.15. The summed E-state index contributed by atoms with van der Waals surface area (Å²) in [6.07, 6.45) is 3.10. The van der Waals surface area contributed by atoms with Crippen molar-refractivity contribution in [2.24, 2.45) is 5.41 Å². The zero-order valence-corrected chi connectivity index (χ0v) is 16.4. The Labute approximate surface area is 165 Å². The maximum atomic E-state index is 13.3. The number of Topliss-reactive ketones (excluding diaryl/α,β-unsaturated/α-hetero) is 1. The van der Waals surface area contributed by atoms with Gasteiger partial charge in [-0.25, -0.2) is 0 Å². The van der Waals surface area contributed by atoms with Gasteiger partial charge in [-0.2, -0.15) is 0 Å². The van der Waals surface area contributed by atoms with Crippen LogP contribution in [0.15, 0.2) is 59.9 Å². The highest BCUT2D eigenvalue weighted by Crippen LogP contribution is 2.48. The fraction of sp³-hybridized carbons (Fsp3) is 0.348. The molecule has 5 nitrogen and oxygen atoms in total. The molecule has 1 aromatic heterocycles. The normalized spacial score (nSPS) is 21.5. The number of nitrogens with zero attached hydrogens (tertiary/aromatic N) is 2. The summed E-state index contributed by atoms with van der Waals surface area (Å²) >= 11 is 0. The molecule has 1 amide bonds. The van der Waals surface area contributed by atoms with Gasteiger partial charge in [-0.15, -0.1) is 0 Å². The van der Waals surface area contributed by atoms with Gasteiger partial charge in [-0.05, 0) is 36.1 Å². The van der Waals surface area contributed by atoms with Gasteiger partial charge in [0, 0.05) is 48.0 Å². The van der Waals surface area contributed by atoms with E-state index in [9.17, 15) is 9.59 Å². The van der Waals surface area contributed by atoms with Crippen molar-refractivity contribution in [2.45, 2.75) is 39.0 Å². The number of ketones is 1. The van der Waals surface area contributed by atoms with Gasteiger partial charge in [0.2, 0.25) is 5.91 Å². The molecule has 4 rings (SSSR count). The van der Waals surface area contributed by atoms with E-state index in [1.807, 2.05) is 42.5 Å². The Hall–Kier alpha value is -2.95. The Kier molecular flexibility index (Phi) is 4.53. The first-order valence-corrected chi connectivity index (χ1v) is 9.54. The monoisotopic (exact) mass is 376 g/mol. The van der Waals surface area contributed by atoms with E-state index in [0.717, 1.165) is 22.7 Å². The predicted octanol–water partition coefficient (Wildman–Crippen LogP) is 4.25. The Morgan fingerprint density at radius 3 is 2.64 bits per heavy atom. The molecule has 2 aliphatic rings. The minimum Gasteiger partial charge on any atom is -0.497 e. The first-order valence-electron chi connectivity index (χ1n) is 9.54. The number of methoxy groups -OCH3 is 1. The first-order chi connectivity index (χ1) is 13.4.